The summed E-state index contributed by atoms with van der Waals surface area (Å²) in [7, 11) is -3.72. The van der Waals surface area contributed by atoms with Gasteiger partial charge in [0.1, 0.15) is 6.17 Å². The smallest absolute Gasteiger partial charge is 0.192 e. The third-order valence-corrected chi connectivity index (χ3v) is 15.2. The third-order valence-electron chi connectivity index (χ3n) is 6.18. The zero-order chi connectivity index (χ0) is 18.3. The Hall–Kier alpha value is 0.284. The van der Waals surface area contributed by atoms with Crippen LogP contribution in [-0.4, -0.2) is 35.0 Å². The lowest BCUT2D eigenvalue weighted by atomic mass is 9.94. The van der Waals surface area contributed by atoms with Crippen LogP contribution in [0.15, 0.2) is 0 Å². The van der Waals surface area contributed by atoms with Gasteiger partial charge in [0.15, 0.2) is 16.6 Å². The van der Waals surface area contributed by atoms with E-state index in [1.165, 1.54) is 0 Å². The summed E-state index contributed by atoms with van der Waals surface area (Å²) in [6.07, 6.45) is 1.12. The molecule has 0 aliphatic heterocycles. The van der Waals surface area contributed by atoms with Crippen molar-refractivity contribution in [3.8, 4) is 0 Å². The highest BCUT2D eigenvalue weighted by molar-refractivity contribution is 6.74. The van der Waals surface area contributed by atoms with Gasteiger partial charge in [0.2, 0.25) is 0 Å². The van der Waals surface area contributed by atoms with Crippen LogP contribution in [0.2, 0.25) is 36.3 Å². The van der Waals surface area contributed by atoms with Gasteiger partial charge in [-0.2, -0.15) is 0 Å². The molecule has 0 N–H and O–H groups in total. The summed E-state index contributed by atoms with van der Waals surface area (Å²) in [5.41, 5.74) is 0. The second-order valence-corrected chi connectivity index (χ2v) is 19.8. The SMILES string of the molecule is CC(C)(C)[Si](C)(C)OC1CCC(O[Si](C)(C)C(C)(C)C)C(F)C1. The second-order valence-electron chi connectivity index (χ2n) is 10.2. The summed E-state index contributed by atoms with van der Waals surface area (Å²) in [5.74, 6) is 0. The maximum absolute atomic E-state index is 14.7. The minimum atomic E-state index is -1.90. The van der Waals surface area contributed by atoms with E-state index in [-0.39, 0.29) is 22.3 Å². The van der Waals surface area contributed by atoms with E-state index in [0.29, 0.717) is 6.42 Å². The molecule has 0 spiro atoms. The Morgan fingerprint density at radius 1 is 0.783 bits per heavy atom. The molecule has 23 heavy (non-hydrogen) atoms. The molecule has 5 heteroatoms. The fourth-order valence-corrected chi connectivity index (χ4v) is 5.22. The Bertz CT molecular complexity index is 397. The summed E-state index contributed by atoms with van der Waals surface area (Å²) < 4.78 is 27.5. The lowest BCUT2D eigenvalue weighted by Crippen LogP contribution is -2.50. The molecule has 0 aromatic rings. The number of halogens is 1. The van der Waals surface area contributed by atoms with Crippen LogP contribution in [-0.2, 0) is 8.85 Å². The highest BCUT2D eigenvalue weighted by Gasteiger charge is 2.45. The third kappa shape index (κ3) is 5.38. The molecule has 0 bridgehead atoms. The summed E-state index contributed by atoms with van der Waals surface area (Å²) in [5, 5.41) is 0.300. The van der Waals surface area contributed by atoms with Crippen LogP contribution in [0.4, 0.5) is 4.39 Å². The summed E-state index contributed by atoms with van der Waals surface area (Å²) >= 11 is 0. The molecule has 1 saturated carbocycles. The van der Waals surface area contributed by atoms with Crippen molar-refractivity contribution >= 4 is 16.6 Å². The van der Waals surface area contributed by atoms with Gasteiger partial charge in [-0.25, -0.2) is 4.39 Å². The molecular formula is C18H39FO2Si2. The summed E-state index contributed by atoms with van der Waals surface area (Å²) in [4.78, 5) is 0. The van der Waals surface area contributed by atoms with E-state index in [1.54, 1.807) is 0 Å². The Labute approximate surface area is 145 Å². The number of hydrogen-bond donors (Lipinski definition) is 0. The molecule has 1 aliphatic carbocycles. The molecule has 0 aromatic heterocycles. The average molecular weight is 363 g/mol. The minimum absolute atomic E-state index is 0.0603. The molecule has 0 amide bonds. The molecule has 3 unspecified atom stereocenters. The first-order valence-electron chi connectivity index (χ1n) is 9.06. The predicted octanol–water partition coefficient (Wildman–Crippen LogP) is 6.29. The predicted molar refractivity (Wildman–Crippen MR) is 103 cm³/mol. The van der Waals surface area contributed by atoms with E-state index in [4.69, 9.17) is 8.85 Å². The van der Waals surface area contributed by atoms with Gasteiger partial charge in [0.05, 0.1) is 6.10 Å². The fraction of sp³-hybridized carbons (Fsp3) is 1.00. The van der Waals surface area contributed by atoms with Crippen molar-refractivity contribution in [3.63, 3.8) is 0 Å². The molecule has 3 atom stereocenters. The van der Waals surface area contributed by atoms with Crippen molar-refractivity contribution in [2.45, 2.75) is 115 Å². The monoisotopic (exact) mass is 362 g/mol. The Morgan fingerprint density at radius 2 is 1.22 bits per heavy atom. The van der Waals surface area contributed by atoms with Crippen LogP contribution >= 0.6 is 0 Å². The standard InChI is InChI=1S/C18H39FO2Si2/c1-17(2,3)22(7,8)20-14-11-12-16(15(19)13-14)21-23(9,10)18(4,5)6/h14-16H,11-13H2,1-10H3. The van der Waals surface area contributed by atoms with Gasteiger partial charge < -0.3 is 8.85 Å². The molecule has 1 aliphatic rings. The van der Waals surface area contributed by atoms with Crippen molar-refractivity contribution in [1.29, 1.82) is 0 Å². The van der Waals surface area contributed by atoms with Gasteiger partial charge in [-0.15, -0.1) is 0 Å². The topological polar surface area (TPSA) is 18.5 Å². The second kappa shape index (κ2) is 6.89. The van der Waals surface area contributed by atoms with Crippen LogP contribution < -0.4 is 0 Å². The molecule has 1 fully saturated rings. The lowest BCUT2D eigenvalue weighted by molar-refractivity contribution is 0.00136. The van der Waals surface area contributed by atoms with Gasteiger partial charge in [0, 0.05) is 12.5 Å². The van der Waals surface area contributed by atoms with E-state index >= 15 is 0 Å². The van der Waals surface area contributed by atoms with Gasteiger partial charge >= 0.3 is 0 Å². The molecule has 138 valence electrons. The molecule has 0 saturated heterocycles. The van der Waals surface area contributed by atoms with Gasteiger partial charge in [0.25, 0.3) is 0 Å². The van der Waals surface area contributed by atoms with E-state index in [0.717, 1.165) is 12.8 Å². The zero-order valence-electron chi connectivity index (χ0n) is 17.0. The fourth-order valence-electron chi connectivity index (χ4n) is 2.44. The highest BCUT2D eigenvalue weighted by atomic mass is 28.4. The Morgan fingerprint density at radius 3 is 1.61 bits per heavy atom. The average Bonchev–Trinajstić information content (AvgIpc) is 2.29. The first-order valence-corrected chi connectivity index (χ1v) is 14.9. The maximum Gasteiger partial charge on any atom is 0.192 e. The first-order chi connectivity index (χ1) is 10.1. The van der Waals surface area contributed by atoms with Crippen molar-refractivity contribution in [1.82, 2.24) is 0 Å². The van der Waals surface area contributed by atoms with E-state index in [2.05, 4.69) is 67.7 Å². The molecule has 2 nitrogen and oxygen atoms in total. The molecule has 1 rings (SSSR count). The van der Waals surface area contributed by atoms with Crippen LogP contribution in [0.1, 0.15) is 60.8 Å². The van der Waals surface area contributed by atoms with Gasteiger partial charge in [-0.3, -0.25) is 0 Å². The summed E-state index contributed by atoms with van der Waals surface area (Å²) in [6, 6.07) is 0. The van der Waals surface area contributed by atoms with Crippen LogP contribution in [0.25, 0.3) is 0 Å². The molecule has 0 radical (unpaired) electrons. The number of alkyl halides is 1. The van der Waals surface area contributed by atoms with Crippen LogP contribution in [0.3, 0.4) is 0 Å². The largest absolute Gasteiger partial charge is 0.414 e. The van der Waals surface area contributed by atoms with Crippen LogP contribution in [0, 0.1) is 0 Å². The van der Waals surface area contributed by atoms with E-state index in [1.807, 2.05) is 0 Å². The highest BCUT2D eigenvalue weighted by Crippen LogP contribution is 2.42. The first kappa shape index (κ1) is 21.3. The minimum Gasteiger partial charge on any atom is -0.414 e. The van der Waals surface area contributed by atoms with Crippen molar-refractivity contribution in [3.05, 3.63) is 0 Å². The Kier molecular flexibility index (Phi) is 6.39. The Balaban J connectivity index is 2.65. The van der Waals surface area contributed by atoms with Crippen LogP contribution in [0.5, 0.6) is 0 Å². The quantitative estimate of drug-likeness (QED) is 0.547. The summed E-state index contributed by atoms with van der Waals surface area (Å²) in [6.45, 7) is 22.2. The normalized spacial score (nSPS) is 28.0. The molecule has 0 heterocycles. The molecule has 0 aromatic carbocycles. The van der Waals surface area contributed by atoms with Crippen molar-refractivity contribution in [2.24, 2.45) is 0 Å². The zero-order valence-corrected chi connectivity index (χ0v) is 19.0. The van der Waals surface area contributed by atoms with Crippen molar-refractivity contribution < 1.29 is 13.2 Å². The van der Waals surface area contributed by atoms with Gasteiger partial charge in [-0.05, 0) is 49.1 Å². The number of hydrogen-bond acceptors (Lipinski definition) is 2. The number of rotatable bonds is 4. The maximum atomic E-state index is 14.7. The van der Waals surface area contributed by atoms with E-state index < -0.39 is 22.8 Å². The molecular weight excluding hydrogens is 323 g/mol. The van der Waals surface area contributed by atoms with E-state index in [9.17, 15) is 4.39 Å². The van der Waals surface area contributed by atoms with Crippen molar-refractivity contribution in [2.75, 3.05) is 0 Å². The lowest BCUT2D eigenvalue weighted by Gasteiger charge is -2.44. The van der Waals surface area contributed by atoms with Gasteiger partial charge in [-0.1, -0.05) is 41.5 Å².